The molecule has 1 aromatic carbocycles. The third kappa shape index (κ3) is 5.63. The van der Waals surface area contributed by atoms with E-state index in [4.69, 9.17) is 28.3 Å². The first-order valence-corrected chi connectivity index (χ1v) is 9.90. The first-order chi connectivity index (χ1) is 9.42. The number of primary sulfonamides is 1. The standard InChI is InChI=1S/C11H16Cl2N2O4S2/c1-7(2)3-4-20(16,17)15-11-9(12)5-8(6-10(11)13)21(14,18)19/h5-7,15H,3-4H2,1-2H3,(H2,14,18,19). The number of nitrogens with one attached hydrogen (secondary N) is 1. The molecule has 0 aromatic heterocycles. The second kappa shape index (κ2) is 6.70. The van der Waals surface area contributed by atoms with Crippen molar-refractivity contribution in [2.24, 2.45) is 11.1 Å². The minimum absolute atomic E-state index is 0.0607. The summed E-state index contributed by atoms with van der Waals surface area (Å²) < 4.78 is 48.6. The number of nitrogens with two attached hydrogens (primary N) is 1. The van der Waals surface area contributed by atoms with Crippen LogP contribution in [-0.2, 0) is 20.0 Å². The van der Waals surface area contributed by atoms with Crippen molar-refractivity contribution in [2.75, 3.05) is 10.5 Å². The summed E-state index contributed by atoms with van der Waals surface area (Å²) in [6, 6.07) is 2.09. The Morgan fingerprint density at radius 1 is 1.14 bits per heavy atom. The van der Waals surface area contributed by atoms with E-state index in [0.29, 0.717) is 6.42 Å². The highest BCUT2D eigenvalue weighted by Gasteiger charge is 2.19. The second-order valence-electron chi connectivity index (χ2n) is 4.91. The first kappa shape index (κ1) is 18.5. The molecule has 0 saturated heterocycles. The van der Waals surface area contributed by atoms with E-state index in [0.717, 1.165) is 12.1 Å². The molecule has 0 radical (unpaired) electrons. The third-order valence-corrected chi connectivity index (χ3v) is 5.34. The van der Waals surface area contributed by atoms with Crippen molar-refractivity contribution in [3.8, 4) is 0 Å². The van der Waals surface area contributed by atoms with Crippen LogP contribution >= 0.6 is 23.2 Å². The Morgan fingerprint density at radius 3 is 2.00 bits per heavy atom. The van der Waals surface area contributed by atoms with Crippen LogP contribution in [0.25, 0.3) is 0 Å². The molecule has 0 aliphatic carbocycles. The number of sulfonamides is 2. The lowest BCUT2D eigenvalue weighted by Gasteiger charge is -2.13. The van der Waals surface area contributed by atoms with E-state index in [-0.39, 0.29) is 32.3 Å². The zero-order chi connectivity index (χ0) is 16.4. The Balaban J connectivity index is 3.11. The number of anilines is 1. The van der Waals surface area contributed by atoms with Gasteiger partial charge in [0.1, 0.15) is 0 Å². The van der Waals surface area contributed by atoms with Crippen LogP contribution < -0.4 is 9.86 Å². The molecule has 0 saturated carbocycles. The molecule has 0 aliphatic heterocycles. The number of hydrogen-bond acceptors (Lipinski definition) is 4. The van der Waals surface area contributed by atoms with E-state index in [9.17, 15) is 16.8 Å². The van der Waals surface area contributed by atoms with Gasteiger partial charge in [0.25, 0.3) is 0 Å². The summed E-state index contributed by atoms with van der Waals surface area (Å²) in [6.45, 7) is 3.80. The van der Waals surface area contributed by atoms with Crippen LogP contribution in [0.3, 0.4) is 0 Å². The van der Waals surface area contributed by atoms with E-state index in [1.165, 1.54) is 0 Å². The summed E-state index contributed by atoms with van der Waals surface area (Å²) in [7, 11) is -7.60. The van der Waals surface area contributed by atoms with Gasteiger partial charge >= 0.3 is 0 Å². The highest BCUT2D eigenvalue weighted by atomic mass is 35.5. The van der Waals surface area contributed by atoms with Crippen molar-refractivity contribution in [2.45, 2.75) is 25.2 Å². The van der Waals surface area contributed by atoms with E-state index < -0.39 is 20.0 Å². The fourth-order valence-corrected chi connectivity index (χ4v) is 4.21. The largest absolute Gasteiger partial charge is 0.281 e. The van der Waals surface area contributed by atoms with Crippen molar-refractivity contribution in [1.82, 2.24) is 0 Å². The first-order valence-electron chi connectivity index (χ1n) is 5.94. The Hall–Kier alpha value is -0.540. The van der Waals surface area contributed by atoms with Crippen molar-refractivity contribution in [1.29, 1.82) is 0 Å². The lowest BCUT2D eigenvalue weighted by molar-refractivity contribution is 0.578. The summed E-state index contributed by atoms with van der Waals surface area (Å²) >= 11 is 11.8. The number of benzene rings is 1. The van der Waals surface area contributed by atoms with E-state index in [2.05, 4.69) is 4.72 Å². The predicted molar refractivity (Wildman–Crippen MR) is 84.7 cm³/mol. The molecule has 120 valence electrons. The summed E-state index contributed by atoms with van der Waals surface area (Å²) in [5.74, 6) is 0.131. The maximum Gasteiger partial charge on any atom is 0.238 e. The average Bonchev–Trinajstić information content (AvgIpc) is 2.30. The summed E-state index contributed by atoms with van der Waals surface area (Å²) in [6.07, 6.45) is 0.472. The van der Waals surface area contributed by atoms with Crippen LogP contribution in [0.2, 0.25) is 10.0 Å². The van der Waals surface area contributed by atoms with Crippen molar-refractivity contribution in [3.63, 3.8) is 0 Å². The molecule has 0 atom stereocenters. The van der Waals surface area contributed by atoms with Crippen LogP contribution in [0.5, 0.6) is 0 Å². The summed E-state index contributed by atoms with van der Waals surface area (Å²) in [4.78, 5) is -0.289. The summed E-state index contributed by atoms with van der Waals surface area (Å²) in [5, 5.41) is 4.69. The molecular weight excluding hydrogens is 359 g/mol. The number of halogens is 2. The summed E-state index contributed by atoms with van der Waals surface area (Å²) in [5.41, 5.74) is -0.0607. The minimum atomic E-state index is -3.98. The molecule has 0 bridgehead atoms. The molecule has 10 heteroatoms. The van der Waals surface area contributed by atoms with Crippen LogP contribution in [0.1, 0.15) is 20.3 Å². The van der Waals surface area contributed by atoms with Gasteiger partial charge in [0.05, 0.1) is 26.4 Å². The molecule has 6 nitrogen and oxygen atoms in total. The minimum Gasteiger partial charge on any atom is -0.281 e. The Labute approximate surface area is 134 Å². The van der Waals surface area contributed by atoms with Gasteiger partial charge in [-0.2, -0.15) is 0 Å². The van der Waals surface area contributed by atoms with E-state index >= 15 is 0 Å². The SMILES string of the molecule is CC(C)CCS(=O)(=O)Nc1c(Cl)cc(S(N)(=O)=O)cc1Cl. The molecule has 0 spiro atoms. The molecule has 0 amide bonds. The quantitative estimate of drug-likeness (QED) is 0.796. The highest BCUT2D eigenvalue weighted by molar-refractivity contribution is 7.92. The lowest BCUT2D eigenvalue weighted by atomic mass is 10.2. The zero-order valence-corrected chi connectivity index (χ0v) is 14.6. The van der Waals surface area contributed by atoms with Crippen LogP contribution in [-0.4, -0.2) is 22.6 Å². The third-order valence-electron chi connectivity index (χ3n) is 2.57. The van der Waals surface area contributed by atoms with Gasteiger partial charge in [-0.25, -0.2) is 22.0 Å². The van der Waals surface area contributed by atoms with Crippen LogP contribution in [0, 0.1) is 5.92 Å². The van der Waals surface area contributed by atoms with Gasteiger partial charge < -0.3 is 0 Å². The monoisotopic (exact) mass is 374 g/mol. The van der Waals surface area contributed by atoms with Crippen molar-refractivity contribution < 1.29 is 16.8 Å². The maximum atomic E-state index is 11.9. The molecular formula is C11H16Cl2N2O4S2. The normalized spacial score (nSPS) is 12.7. The fraction of sp³-hybridized carbons (Fsp3) is 0.455. The predicted octanol–water partition coefficient (Wildman–Crippen LogP) is 2.43. The average molecular weight is 375 g/mol. The molecule has 1 rings (SSSR count). The topological polar surface area (TPSA) is 106 Å². The zero-order valence-electron chi connectivity index (χ0n) is 11.4. The van der Waals surface area contributed by atoms with Gasteiger partial charge in [0, 0.05) is 0 Å². The van der Waals surface area contributed by atoms with Crippen LogP contribution in [0.15, 0.2) is 17.0 Å². The molecule has 0 heterocycles. The van der Waals surface area contributed by atoms with Gasteiger partial charge in [0.2, 0.25) is 20.0 Å². The van der Waals surface area contributed by atoms with E-state index in [1.54, 1.807) is 0 Å². The van der Waals surface area contributed by atoms with Crippen molar-refractivity contribution in [3.05, 3.63) is 22.2 Å². The van der Waals surface area contributed by atoms with Gasteiger partial charge in [-0.3, -0.25) is 4.72 Å². The second-order valence-corrected chi connectivity index (χ2v) is 9.13. The Bertz CT molecular complexity index is 708. The Morgan fingerprint density at radius 2 is 1.62 bits per heavy atom. The maximum absolute atomic E-state index is 11.9. The van der Waals surface area contributed by atoms with Gasteiger partial charge in [-0.1, -0.05) is 37.0 Å². The number of hydrogen-bond donors (Lipinski definition) is 2. The number of rotatable bonds is 6. The highest BCUT2D eigenvalue weighted by Crippen LogP contribution is 2.34. The van der Waals surface area contributed by atoms with Crippen LogP contribution in [0.4, 0.5) is 5.69 Å². The van der Waals surface area contributed by atoms with E-state index in [1.807, 2.05) is 13.8 Å². The Kier molecular flexibility index (Phi) is 5.91. The van der Waals surface area contributed by atoms with Gasteiger partial charge in [0.15, 0.2) is 0 Å². The molecule has 0 fully saturated rings. The van der Waals surface area contributed by atoms with Gasteiger partial charge in [-0.15, -0.1) is 0 Å². The van der Waals surface area contributed by atoms with Crippen molar-refractivity contribution >= 4 is 48.9 Å². The molecule has 1 aromatic rings. The fourth-order valence-electron chi connectivity index (χ4n) is 1.41. The van der Waals surface area contributed by atoms with Gasteiger partial charge in [-0.05, 0) is 24.5 Å². The molecule has 0 aliphatic rings. The molecule has 21 heavy (non-hydrogen) atoms. The smallest absolute Gasteiger partial charge is 0.238 e. The molecule has 3 N–H and O–H groups in total. The lowest BCUT2D eigenvalue weighted by Crippen LogP contribution is -2.19. The molecule has 0 unspecified atom stereocenters.